The van der Waals surface area contributed by atoms with Crippen LogP contribution in [0, 0.1) is 0 Å². The summed E-state index contributed by atoms with van der Waals surface area (Å²) in [4.78, 5) is 2.43. The lowest BCUT2D eigenvalue weighted by atomic mass is 9.87. The topological polar surface area (TPSA) is 75.4 Å². The number of nitrogens with zero attached hydrogens (tertiary/aromatic N) is 1. The van der Waals surface area contributed by atoms with E-state index in [1.54, 1.807) is 6.07 Å². The van der Waals surface area contributed by atoms with E-state index in [1.165, 1.54) is 0 Å². The van der Waals surface area contributed by atoms with Gasteiger partial charge < -0.3 is 10.6 Å². The van der Waals surface area contributed by atoms with Gasteiger partial charge in [-0.05, 0) is 54.3 Å². The van der Waals surface area contributed by atoms with Crippen molar-refractivity contribution in [1.29, 1.82) is 0 Å². The number of nitrogens with one attached hydrogen (secondary N) is 1. The second kappa shape index (κ2) is 8.36. The van der Waals surface area contributed by atoms with Gasteiger partial charge in [-0.2, -0.15) is 0 Å². The fraction of sp³-hybridized carbons (Fsp3) is 0.478. The van der Waals surface area contributed by atoms with Crippen LogP contribution in [0.1, 0.15) is 56.7 Å². The van der Waals surface area contributed by atoms with E-state index in [1.807, 2.05) is 55.4 Å². The van der Waals surface area contributed by atoms with Crippen molar-refractivity contribution in [2.45, 2.75) is 56.0 Å². The van der Waals surface area contributed by atoms with Crippen molar-refractivity contribution in [1.82, 2.24) is 5.32 Å². The Bertz CT molecular complexity index is 964. The Morgan fingerprint density at radius 1 is 1.10 bits per heavy atom. The molecular formula is C23H33N3O2S. The molecule has 1 heterocycles. The molecule has 1 aliphatic rings. The van der Waals surface area contributed by atoms with E-state index in [2.05, 4.69) is 19.2 Å². The van der Waals surface area contributed by atoms with E-state index in [0.29, 0.717) is 10.6 Å². The van der Waals surface area contributed by atoms with Gasteiger partial charge in [-0.3, -0.25) is 5.32 Å². The highest BCUT2D eigenvalue weighted by molar-refractivity contribution is 7.91. The summed E-state index contributed by atoms with van der Waals surface area (Å²) in [7, 11) is 0.497. The molecule has 1 aliphatic heterocycles. The highest BCUT2D eigenvalue weighted by Crippen LogP contribution is 2.40. The first-order chi connectivity index (χ1) is 13.7. The van der Waals surface area contributed by atoms with Gasteiger partial charge in [0.05, 0.1) is 16.7 Å². The summed E-state index contributed by atoms with van der Waals surface area (Å²) in [5, 5.41) is 3.80. The van der Waals surface area contributed by atoms with Gasteiger partial charge in [0.1, 0.15) is 0 Å². The van der Waals surface area contributed by atoms with Crippen LogP contribution in [0.25, 0.3) is 0 Å². The quantitative estimate of drug-likeness (QED) is 0.694. The normalized spacial score (nSPS) is 19.9. The van der Waals surface area contributed by atoms with Crippen LogP contribution >= 0.6 is 0 Å². The Balaban J connectivity index is 2.28. The Labute approximate surface area is 175 Å². The lowest BCUT2D eigenvalue weighted by molar-refractivity contribution is 0.287. The highest BCUT2D eigenvalue weighted by atomic mass is 32.2. The lowest BCUT2D eigenvalue weighted by Crippen LogP contribution is -2.50. The van der Waals surface area contributed by atoms with Crippen LogP contribution in [0.4, 0.5) is 11.4 Å². The summed E-state index contributed by atoms with van der Waals surface area (Å²) in [6.45, 7) is 4.23. The second-order valence-corrected chi connectivity index (χ2v) is 10.4. The zero-order valence-electron chi connectivity index (χ0n) is 17.9. The van der Waals surface area contributed by atoms with Gasteiger partial charge >= 0.3 is 0 Å². The van der Waals surface area contributed by atoms with Crippen LogP contribution in [0.5, 0.6) is 0 Å². The van der Waals surface area contributed by atoms with Gasteiger partial charge in [0, 0.05) is 31.0 Å². The molecule has 5 nitrogen and oxygen atoms in total. The van der Waals surface area contributed by atoms with E-state index in [9.17, 15) is 8.42 Å². The molecule has 0 amide bonds. The molecule has 0 fully saturated rings. The molecule has 2 aromatic rings. The van der Waals surface area contributed by atoms with Crippen LogP contribution in [-0.2, 0) is 9.84 Å². The third kappa shape index (κ3) is 4.43. The van der Waals surface area contributed by atoms with Gasteiger partial charge in [0.2, 0.25) is 0 Å². The maximum Gasteiger partial charge on any atom is 0.180 e. The molecule has 0 spiro atoms. The van der Waals surface area contributed by atoms with E-state index in [-0.39, 0.29) is 11.8 Å². The molecule has 0 aromatic heterocycles. The van der Waals surface area contributed by atoms with Crippen molar-refractivity contribution in [3.05, 3.63) is 53.6 Å². The maximum atomic E-state index is 13.5. The Morgan fingerprint density at radius 3 is 2.38 bits per heavy atom. The number of hydrogen-bond donors (Lipinski definition) is 2. The van der Waals surface area contributed by atoms with Crippen LogP contribution < -0.4 is 16.0 Å². The number of anilines is 2. The molecule has 6 heteroatoms. The monoisotopic (exact) mass is 415 g/mol. The van der Waals surface area contributed by atoms with E-state index in [0.717, 1.165) is 42.5 Å². The summed E-state index contributed by atoms with van der Waals surface area (Å²) < 4.78 is 27.0. The molecule has 1 atom stereocenters. The minimum Gasteiger partial charge on any atom is -0.399 e. The molecule has 0 saturated carbocycles. The minimum absolute atomic E-state index is 0.120. The van der Waals surface area contributed by atoms with Gasteiger partial charge in [0.25, 0.3) is 0 Å². The van der Waals surface area contributed by atoms with Gasteiger partial charge in [-0.25, -0.2) is 8.42 Å². The molecule has 3 N–H and O–H groups in total. The van der Waals surface area contributed by atoms with Crippen LogP contribution in [0.15, 0.2) is 47.4 Å². The van der Waals surface area contributed by atoms with Crippen molar-refractivity contribution in [3.63, 3.8) is 0 Å². The number of fused-ring (bicyclic) bond motifs is 1. The molecular weight excluding hydrogens is 382 g/mol. The molecule has 1 unspecified atom stereocenters. The van der Waals surface area contributed by atoms with Crippen molar-refractivity contribution < 1.29 is 8.42 Å². The first-order valence-corrected chi connectivity index (χ1v) is 12.0. The Morgan fingerprint density at radius 2 is 1.79 bits per heavy atom. The fourth-order valence-electron chi connectivity index (χ4n) is 4.56. The minimum atomic E-state index is -3.44. The molecule has 0 saturated heterocycles. The van der Waals surface area contributed by atoms with Crippen LogP contribution in [0.3, 0.4) is 0 Å². The third-order valence-electron chi connectivity index (χ3n) is 5.77. The van der Waals surface area contributed by atoms with Crippen LogP contribution in [-0.4, -0.2) is 33.8 Å². The van der Waals surface area contributed by atoms with Gasteiger partial charge in [-0.1, -0.05) is 38.8 Å². The molecule has 158 valence electrons. The standard InChI is InChI=1S/C23H33N3O2S/c1-5-12-23(13-6-2)16-29(27,28)21-11-10-19(26(3)4)15-20(21)22(25-23)17-8-7-9-18(24)14-17/h7-11,14-15,22,25H,5-6,12-13,16,24H2,1-4H3. The van der Waals surface area contributed by atoms with Crippen LogP contribution in [0.2, 0.25) is 0 Å². The summed E-state index contributed by atoms with van der Waals surface area (Å²) in [5.41, 5.74) is 9.08. The number of nitrogens with two attached hydrogens (primary N) is 1. The maximum absolute atomic E-state index is 13.5. The van der Waals surface area contributed by atoms with Crippen molar-refractivity contribution in [2.24, 2.45) is 0 Å². The molecule has 29 heavy (non-hydrogen) atoms. The fourth-order valence-corrected chi connectivity index (χ4v) is 6.63. The number of nitrogen functional groups attached to an aromatic ring is 1. The summed E-state index contributed by atoms with van der Waals surface area (Å²) in [5.74, 6) is 0.120. The first kappa shape index (κ1) is 21.7. The average molecular weight is 416 g/mol. The van der Waals surface area contributed by atoms with Gasteiger partial charge in [0.15, 0.2) is 9.84 Å². The Hall–Kier alpha value is -2.05. The second-order valence-electron chi connectivity index (χ2n) is 8.40. The largest absolute Gasteiger partial charge is 0.399 e. The van der Waals surface area contributed by atoms with Gasteiger partial charge in [-0.15, -0.1) is 0 Å². The number of hydrogen-bond acceptors (Lipinski definition) is 5. The number of rotatable bonds is 6. The van der Waals surface area contributed by atoms with Crippen molar-refractivity contribution in [2.75, 3.05) is 30.5 Å². The predicted octanol–water partition coefficient (Wildman–Crippen LogP) is 4.14. The summed E-state index contributed by atoms with van der Waals surface area (Å²) in [6.07, 6.45) is 3.47. The molecule has 0 aliphatic carbocycles. The lowest BCUT2D eigenvalue weighted by Gasteiger charge is -2.36. The number of sulfone groups is 1. The zero-order valence-corrected chi connectivity index (χ0v) is 18.7. The van der Waals surface area contributed by atoms with E-state index < -0.39 is 15.4 Å². The zero-order chi connectivity index (χ0) is 21.2. The summed E-state index contributed by atoms with van der Waals surface area (Å²) in [6, 6.07) is 13.2. The summed E-state index contributed by atoms with van der Waals surface area (Å²) >= 11 is 0. The molecule has 0 radical (unpaired) electrons. The SMILES string of the molecule is CCCC1(CCC)CS(=O)(=O)c2ccc(N(C)C)cc2C(c2cccc(N)c2)N1. The third-order valence-corrected chi connectivity index (χ3v) is 7.75. The van der Waals surface area contributed by atoms with E-state index >= 15 is 0 Å². The highest BCUT2D eigenvalue weighted by Gasteiger charge is 2.42. The Kier molecular flexibility index (Phi) is 6.24. The predicted molar refractivity (Wildman–Crippen MR) is 121 cm³/mol. The van der Waals surface area contributed by atoms with Crippen molar-refractivity contribution in [3.8, 4) is 0 Å². The molecule has 0 bridgehead atoms. The first-order valence-electron chi connectivity index (χ1n) is 10.4. The molecule has 2 aromatic carbocycles. The average Bonchev–Trinajstić information content (AvgIpc) is 2.74. The smallest absolute Gasteiger partial charge is 0.180 e. The van der Waals surface area contributed by atoms with Crippen molar-refractivity contribution >= 4 is 21.2 Å². The number of benzene rings is 2. The molecule has 3 rings (SSSR count). The van der Waals surface area contributed by atoms with E-state index in [4.69, 9.17) is 5.73 Å².